The molecule has 1 aromatic carbocycles. The van der Waals surface area contributed by atoms with Crippen LogP contribution in [0.1, 0.15) is 31.0 Å². The lowest BCUT2D eigenvalue weighted by Gasteiger charge is -2.22. The summed E-state index contributed by atoms with van der Waals surface area (Å²) in [6.07, 6.45) is 1.80. The van der Waals surface area contributed by atoms with Gasteiger partial charge in [-0.1, -0.05) is 43.7 Å². The van der Waals surface area contributed by atoms with Gasteiger partial charge in [-0.05, 0) is 18.9 Å². The Balaban J connectivity index is 1.89. The van der Waals surface area contributed by atoms with Gasteiger partial charge in [0.05, 0.1) is 5.69 Å². The number of hydrogen-bond acceptors (Lipinski definition) is 4. The average molecular weight is 360 g/mol. The molecule has 0 bridgehead atoms. The molecule has 0 radical (unpaired) electrons. The van der Waals surface area contributed by atoms with Crippen molar-refractivity contribution in [2.24, 2.45) is 0 Å². The number of anilines is 1. The highest BCUT2D eigenvalue weighted by Gasteiger charge is 2.17. The van der Waals surface area contributed by atoms with Crippen molar-refractivity contribution in [1.82, 2.24) is 15.2 Å². The standard InChI is InChI=1S/C18H24N4O2S/c1-3-4-10-22(12-16(23)21-17-20-14(2)13-25-17)18(24)19-11-15-8-6-5-7-9-15/h5-9,13H,3-4,10-12H2,1-2H3,(H,19,24)(H,20,21,23). The molecule has 0 atom stereocenters. The summed E-state index contributed by atoms with van der Waals surface area (Å²) in [4.78, 5) is 30.4. The summed E-state index contributed by atoms with van der Waals surface area (Å²) in [6.45, 7) is 4.92. The molecule has 2 N–H and O–H groups in total. The van der Waals surface area contributed by atoms with Gasteiger partial charge in [0.15, 0.2) is 5.13 Å². The number of urea groups is 1. The number of aryl methyl sites for hydroxylation is 1. The molecule has 3 amide bonds. The zero-order valence-corrected chi connectivity index (χ0v) is 15.4. The highest BCUT2D eigenvalue weighted by Crippen LogP contribution is 2.14. The lowest BCUT2D eigenvalue weighted by Crippen LogP contribution is -2.44. The van der Waals surface area contributed by atoms with E-state index in [1.54, 1.807) is 4.90 Å². The predicted molar refractivity (Wildman–Crippen MR) is 101 cm³/mol. The van der Waals surface area contributed by atoms with Crippen LogP contribution in [0.4, 0.5) is 9.93 Å². The van der Waals surface area contributed by atoms with Crippen LogP contribution in [0.3, 0.4) is 0 Å². The number of benzene rings is 1. The van der Waals surface area contributed by atoms with E-state index in [0.29, 0.717) is 18.2 Å². The normalized spacial score (nSPS) is 10.3. The molecule has 0 fully saturated rings. The van der Waals surface area contributed by atoms with Gasteiger partial charge in [-0.25, -0.2) is 9.78 Å². The largest absolute Gasteiger partial charge is 0.334 e. The van der Waals surface area contributed by atoms with Crippen LogP contribution in [0.15, 0.2) is 35.7 Å². The SMILES string of the molecule is CCCCN(CC(=O)Nc1nc(C)cs1)C(=O)NCc1ccccc1. The van der Waals surface area contributed by atoms with Crippen molar-refractivity contribution in [3.05, 3.63) is 47.0 Å². The second kappa shape index (κ2) is 9.78. The van der Waals surface area contributed by atoms with Gasteiger partial charge in [0.25, 0.3) is 0 Å². The molecule has 2 aromatic rings. The minimum Gasteiger partial charge on any atom is -0.334 e. The fourth-order valence-electron chi connectivity index (χ4n) is 2.23. The van der Waals surface area contributed by atoms with Crippen molar-refractivity contribution >= 4 is 28.4 Å². The summed E-state index contributed by atoms with van der Waals surface area (Å²) in [5.74, 6) is -0.236. The van der Waals surface area contributed by atoms with E-state index in [1.165, 1.54) is 11.3 Å². The fourth-order valence-corrected chi connectivity index (χ4v) is 2.93. The molecule has 0 saturated carbocycles. The molecule has 2 rings (SSSR count). The summed E-state index contributed by atoms with van der Waals surface area (Å²) < 4.78 is 0. The first-order valence-electron chi connectivity index (χ1n) is 8.37. The van der Waals surface area contributed by atoms with Crippen LogP contribution in [-0.2, 0) is 11.3 Å². The Morgan fingerprint density at radius 1 is 1.24 bits per heavy atom. The summed E-state index contributed by atoms with van der Waals surface area (Å²) >= 11 is 1.38. The first-order chi connectivity index (χ1) is 12.1. The summed E-state index contributed by atoms with van der Waals surface area (Å²) in [5.41, 5.74) is 1.89. The Labute approximate surface area is 152 Å². The molecular formula is C18H24N4O2S. The maximum absolute atomic E-state index is 12.4. The van der Waals surface area contributed by atoms with Gasteiger partial charge in [-0.15, -0.1) is 11.3 Å². The van der Waals surface area contributed by atoms with E-state index in [1.807, 2.05) is 42.6 Å². The lowest BCUT2D eigenvalue weighted by molar-refractivity contribution is -0.116. The van der Waals surface area contributed by atoms with Gasteiger partial charge in [-0.2, -0.15) is 0 Å². The maximum Gasteiger partial charge on any atom is 0.318 e. The van der Waals surface area contributed by atoms with Crippen molar-refractivity contribution in [3.8, 4) is 0 Å². The van der Waals surface area contributed by atoms with Crippen LogP contribution >= 0.6 is 11.3 Å². The number of nitrogens with one attached hydrogen (secondary N) is 2. The summed E-state index contributed by atoms with van der Waals surface area (Å²) in [5, 5.41) is 8.05. The van der Waals surface area contributed by atoms with E-state index in [4.69, 9.17) is 0 Å². The minimum atomic E-state index is -0.236. The van der Waals surface area contributed by atoms with Gasteiger partial charge in [0.1, 0.15) is 6.54 Å². The molecule has 7 heteroatoms. The highest BCUT2D eigenvalue weighted by molar-refractivity contribution is 7.13. The molecule has 134 valence electrons. The quantitative estimate of drug-likeness (QED) is 0.758. The van der Waals surface area contributed by atoms with Gasteiger partial charge >= 0.3 is 6.03 Å². The summed E-state index contributed by atoms with van der Waals surface area (Å²) in [7, 11) is 0. The number of thiazole rings is 1. The molecule has 1 heterocycles. The number of rotatable bonds is 8. The first-order valence-corrected chi connectivity index (χ1v) is 9.25. The topological polar surface area (TPSA) is 74.3 Å². The van der Waals surface area contributed by atoms with Gasteiger partial charge in [0.2, 0.25) is 5.91 Å². The van der Waals surface area contributed by atoms with Gasteiger partial charge in [-0.3, -0.25) is 4.79 Å². The third kappa shape index (κ3) is 6.54. The number of aromatic nitrogens is 1. The van der Waals surface area contributed by atoms with E-state index in [9.17, 15) is 9.59 Å². The number of carbonyl (C=O) groups excluding carboxylic acids is 2. The van der Waals surface area contributed by atoms with Crippen molar-refractivity contribution in [2.75, 3.05) is 18.4 Å². The Morgan fingerprint density at radius 2 is 2.00 bits per heavy atom. The monoisotopic (exact) mass is 360 g/mol. The zero-order valence-electron chi connectivity index (χ0n) is 14.6. The fraction of sp³-hybridized carbons (Fsp3) is 0.389. The number of unbranched alkanes of at least 4 members (excludes halogenated alkanes) is 1. The third-order valence-corrected chi connectivity index (χ3v) is 4.43. The first kappa shape index (κ1) is 18.9. The molecule has 0 spiro atoms. The number of nitrogens with zero attached hydrogens (tertiary/aromatic N) is 2. The second-order valence-corrected chi connectivity index (χ2v) is 6.62. The Kier molecular flexibility index (Phi) is 7.40. The molecule has 0 aliphatic rings. The lowest BCUT2D eigenvalue weighted by atomic mass is 10.2. The number of amides is 3. The molecular weight excluding hydrogens is 336 g/mol. The van der Waals surface area contributed by atoms with Crippen molar-refractivity contribution in [1.29, 1.82) is 0 Å². The maximum atomic E-state index is 12.4. The van der Waals surface area contributed by atoms with E-state index < -0.39 is 0 Å². The Morgan fingerprint density at radius 3 is 2.64 bits per heavy atom. The molecule has 0 saturated heterocycles. The molecule has 6 nitrogen and oxygen atoms in total. The van der Waals surface area contributed by atoms with E-state index in [2.05, 4.69) is 22.5 Å². The van der Waals surface area contributed by atoms with Crippen LogP contribution in [0, 0.1) is 6.92 Å². The molecule has 0 aliphatic carbocycles. The Bertz CT molecular complexity index is 687. The van der Waals surface area contributed by atoms with Crippen LogP contribution < -0.4 is 10.6 Å². The molecule has 25 heavy (non-hydrogen) atoms. The zero-order chi connectivity index (χ0) is 18.1. The van der Waals surface area contributed by atoms with Crippen LogP contribution in [0.25, 0.3) is 0 Å². The third-order valence-electron chi connectivity index (χ3n) is 3.56. The molecule has 1 aromatic heterocycles. The van der Waals surface area contributed by atoms with Gasteiger partial charge in [0, 0.05) is 18.5 Å². The number of carbonyl (C=O) groups is 2. The van der Waals surface area contributed by atoms with E-state index in [0.717, 1.165) is 24.1 Å². The molecule has 0 unspecified atom stereocenters. The van der Waals surface area contributed by atoms with Crippen molar-refractivity contribution in [2.45, 2.75) is 33.2 Å². The minimum absolute atomic E-state index is 0.0131. The summed E-state index contributed by atoms with van der Waals surface area (Å²) in [6, 6.07) is 9.47. The number of hydrogen-bond donors (Lipinski definition) is 2. The van der Waals surface area contributed by atoms with E-state index in [-0.39, 0.29) is 18.5 Å². The smallest absolute Gasteiger partial charge is 0.318 e. The molecule has 0 aliphatic heterocycles. The van der Waals surface area contributed by atoms with Crippen LogP contribution in [0.2, 0.25) is 0 Å². The highest BCUT2D eigenvalue weighted by atomic mass is 32.1. The predicted octanol–water partition coefficient (Wildman–Crippen LogP) is 3.40. The Hall–Kier alpha value is -2.41. The second-order valence-electron chi connectivity index (χ2n) is 5.76. The van der Waals surface area contributed by atoms with Crippen molar-refractivity contribution < 1.29 is 9.59 Å². The van der Waals surface area contributed by atoms with Gasteiger partial charge < -0.3 is 15.5 Å². The van der Waals surface area contributed by atoms with Crippen LogP contribution in [-0.4, -0.2) is 34.9 Å². The average Bonchev–Trinajstić information content (AvgIpc) is 3.02. The van der Waals surface area contributed by atoms with Crippen molar-refractivity contribution in [3.63, 3.8) is 0 Å². The van der Waals surface area contributed by atoms with Crippen LogP contribution in [0.5, 0.6) is 0 Å². The van der Waals surface area contributed by atoms with E-state index >= 15 is 0 Å².